The number of hydrogen-bond donors (Lipinski definition) is 0. The molecule has 0 rings (SSSR count). The summed E-state index contributed by atoms with van der Waals surface area (Å²) in [5.74, 6) is 0.304. The van der Waals surface area contributed by atoms with Gasteiger partial charge in [0, 0.05) is 17.8 Å². The van der Waals surface area contributed by atoms with E-state index in [1.165, 1.54) is 0 Å². The van der Waals surface area contributed by atoms with E-state index in [0.717, 1.165) is 11.8 Å². The third-order valence-corrected chi connectivity index (χ3v) is 3.87. The van der Waals surface area contributed by atoms with Gasteiger partial charge in [-0.25, -0.2) is 0 Å². The van der Waals surface area contributed by atoms with Gasteiger partial charge in [-0.05, 0) is 27.7 Å². The van der Waals surface area contributed by atoms with E-state index in [1.807, 2.05) is 27.7 Å². The van der Waals surface area contributed by atoms with Gasteiger partial charge in [-0.3, -0.25) is 4.79 Å². The minimum atomic E-state index is -0.0160. The fourth-order valence-corrected chi connectivity index (χ4v) is 2.69. The van der Waals surface area contributed by atoms with Crippen molar-refractivity contribution in [2.24, 2.45) is 0 Å². The monoisotopic (exact) mass is 327 g/mol. The molecule has 0 aromatic heterocycles. The summed E-state index contributed by atoms with van der Waals surface area (Å²) in [4.78, 5) is 13.7. The third kappa shape index (κ3) is 8.25. The van der Waals surface area contributed by atoms with E-state index in [-0.39, 0.29) is 51.4 Å². The maximum absolute atomic E-state index is 11.9. The van der Waals surface area contributed by atoms with Crippen LogP contribution in [0.25, 0.3) is 0 Å². The van der Waals surface area contributed by atoms with Gasteiger partial charge in [-0.1, -0.05) is 46.6 Å². The molecule has 0 aliphatic carbocycles. The average molecular weight is 329 g/mol. The van der Waals surface area contributed by atoms with E-state index >= 15 is 0 Å². The fourth-order valence-electron chi connectivity index (χ4n) is 1.27. The second-order valence-electron chi connectivity index (χ2n) is 3.81. The topological polar surface area (TPSA) is 20.3 Å². The summed E-state index contributed by atoms with van der Waals surface area (Å²) in [5, 5.41) is 0.284. The van der Waals surface area contributed by atoms with Gasteiger partial charge in [0.1, 0.15) is 4.49 Å². The molecule has 0 unspecified atom stereocenters. The van der Waals surface area contributed by atoms with Crippen LogP contribution in [0.4, 0.5) is 4.79 Å². The number of halogens is 3. The van der Waals surface area contributed by atoms with Crippen LogP contribution in [0.15, 0.2) is 9.52 Å². The van der Waals surface area contributed by atoms with Gasteiger partial charge in [0.2, 0.25) is 0 Å². The van der Waals surface area contributed by atoms with Crippen LogP contribution in [0.3, 0.4) is 0 Å². The van der Waals surface area contributed by atoms with Gasteiger partial charge in [-0.15, -0.1) is 0 Å². The molecule has 0 saturated heterocycles. The summed E-state index contributed by atoms with van der Waals surface area (Å²) in [6, 6.07) is 0.323. The van der Waals surface area contributed by atoms with E-state index in [4.69, 9.17) is 34.8 Å². The standard InChI is InChI=1S/C10H16Cl3NOS.Na.H/c1-6(2)14(7(3)4)10(15)16-5-8(11)9(12)13;;/h6-7H,5H2,1-4H3;;. The van der Waals surface area contributed by atoms with Gasteiger partial charge in [0.05, 0.1) is 5.03 Å². The van der Waals surface area contributed by atoms with Crippen LogP contribution in [-0.2, 0) is 0 Å². The number of amides is 1. The zero-order chi connectivity index (χ0) is 12.9. The van der Waals surface area contributed by atoms with Crippen LogP contribution in [0, 0.1) is 0 Å². The molecular formula is C10H17Cl3NNaOS. The Morgan fingerprint density at radius 3 is 1.82 bits per heavy atom. The zero-order valence-electron chi connectivity index (χ0n) is 9.76. The van der Waals surface area contributed by atoms with Crippen molar-refractivity contribution in [3.05, 3.63) is 9.52 Å². The van der Waals surface area contributed by atoms with Crippen molar-refractivity contribution in [1.29, 1.82) is 0 Å². The molecule has 0 aliphatic heterocycles. The van der Waals surface area contributed by atoms with Gasteiger partial charge >= 0.3 is 29.6 Å². The number of hydrogen-bond acceptors (Lipinski definition) is 2. The van der Waals surface area contributed by atoms with Gasteiger partial charge in [-0.2, -0.15) is 0 Å². The minimum absolute atomic E-state index is 0. The SMILES string of the molecule is CC(C)N(C(=O)SCC(Cl)=C(Cl)Cl)C(C)C.[NaH]. The molecule has 0 radical (unpaired) electrons. The first-order valence-corrected chi connectivity index (χ1v) is 7.04. The number of carbonyl (C=O) groups excluding carboxylic acids is 1. The van der Waals surface area contributed by atoms with E-state index < -0.39 is 0 Å². The molecule has 0 fully saturated rings. The molecule has 0 aliphatic rings. The Kier molecular flexibility index (Phi) is 12.5. The predicted octanol–water partition coefficient (Wildman–Crippen LogP) is 4.20. The molecule has 7 heteroatoms. The molecule has 1 amide bonds. The Morgan fingerprint density at radius 2 is 1.53 bits per heavy atom. The zero-order valence-corrected chi connectivity index (χ0v) is 12.8. The van der Waals surface area contributed by atoms with Crippen LogP contribution in [0.5, 0.6) is 0 Å². The first kappa shape index (κ1) is 20.7. The molecule has 96 valence electrons. The van der Waals surface area contributed by atoms with Crippen molar-refractivity contribution in [2.45, 2.75) is 39.8 Å². The van der Waals surface area contributed by atoms with Gasteiger partial charge in [0.25, 0.3) is 5.24 Å². The van der Waals surface area contributed by atoms with Crippen molar-refractivity contribution >= 4 is 81.4 Å². The van der Waals surface area contributed by atoms with Crippen LogP contribution < -0.4 is 0 Å². The van der Waals surface area contributed by atoms with E-state index in [2.05, 4.69) is 0 Å². The molecule has 0 saturated carbocycles. The Labute approximate surface area is 145 Å². The normalized spacial score (nSPS) is 10.2. The summed E-state index contributed by atoms with van der Waals surface area (Å²) in [7, 11) is 0. The van der Waals surface area contributed by atoms with Crippen LogP contribution in [-0.4, -0.2) is 57.5 Å². The summed E-state index contributed by atoms with van der Waals surface area (Å²) < 4.78 is 0.0163. The second kappa shape index (κ2) is 10.2. The molecule has 0 atom stereocenters. The second-order valence-corrected chi connectivity index (χ2v) is 6.15. The van der Waals surface area contributed by atoms with Crippen molar-refractivity contribution < 1.29 is 4.79 Å². The number of thioether (sulfide) groups is 1. The quantitative estimate of drug-likeness (QED) is 0.721. The molecule has 0 bridgehead atoms. The first-order chi connectivity index (χ1) is 7.27. The summed E-state index contributed by atoms with van der Waals surface area (Å²) >= 11 is 17.8. The van der Waals surface area contributed by atoms with E-state index in [0.29, 0.717) is 10.8 Å². The predicted molar refractivity (Wildman–Crippen MR) is 81.7 cm³/mol. The van der Waals surface area contributed by atoms with Crippen LogP contribution in [0.2, 0.25) is 0 Å². The van der Waals surface area contributed by atoms with E-state index in [1.54, 1.807) is 4.90 Å². The summed E-state index contributed by atoms with van der Waals surface area (Å²) in [5.41, 5.74) is 0. The molecular weight excluding hydrogens is 312 g/mol. The van der Waals surface area contributed by atoms with Crippen molar-refractivity contribution in [1.82, 2.24) is 4.90 Å². The molecule has 0 N–H and O–H groups in total. The number of nitrogens with zero attached hydrogens (tertiary/aromatic N) is 1. The van der Waals surface area contributed by atoms with Gasteiger partial charge < -0.3 is 4.90 Å². The molecule has 17 heavy (non-hydrogen) atoms. The number of carbonyl (C=O) groups is 1. The Hall–Kier alpha value is 1.43. The Morgan fingerprint density at radius 1 is 1.12 bits per heavy atom. The van der Waals surface area contributed by atoms with Crippen LogP contribution >= 0.6 is 46.6 Å². The Bertz CT molecular complexity index is 273. The summed E-state index contributed by atoms with van der Waals surface area (Å²) in [6.07, 6.45) is 0. The van der Waals surface area contributed by atoms with Crippen molar-refractivity contribution in [3.63, 3.8) is 0 Å². The first-order valence-electron chi connectivity index (χ1n) is 4.92. The molecule has 0 heterocycles. The van der Waals surface area contributed by atoms with Crippen molar-refractivity contribution in [3.8, 4) is 0 Å². The van der Waals surface area contributed by atoms with E-state index in [9.17, 15) is 4.79 Å². The van der Waals surface area contributed by atoms with Gasteiger partial charge in [0.15, 0.2) is 0 Å². The molecule has 0 spiro atoms. The maximum atomic E-state index is 11.9. The fraction of sp³-hybridized carbons (Fsp3) is 0.700. The van der Waals surface area contributed by atoms with Crippen molar-refractivity contribution in [2.75, 3.05) is 5.75 Å². The molecule has 0 aromatic carbocycles. The summed E-state index contributed by atoms with van der Waals surface area (Å²) in [6.45, 7) is 7.91. The molecule has 2 nitrogen and oxygen atoms in total. The average Bonchev–Trinajstić information content (AvgIpc) is 2.12. The number of rotatable bonds is 4. The Balaban J connectivity index is 0. The van der Waals surface area contributed by atoms with Crippen LogP contribution in [0.1, 0.15) is 27.7 Å². The third-order valence-electron chi connectivity index (χ3n) is 1.85. The molecule has 0 aromatic rings.